The predicted molar refractivity (Wildman–Crippen MR) is 72.5 cm³/mol. The number of unbranched alkanes of at least 4 members (excludes halogenated alkanes) is 3. The van der Waals surface area contributed by atoms with Crippen LogP contribution in [-0.4, -0.2) is 16.3 Å². The lowest BCUT2D eigenvalue weighted by atomic mass is 10.2. The van der Waals surface area contributed by atoms with Crippen LogP contribution in [0, 0.1) is 0 Å². The highest BCUT2D eigenvalue weighted by Gasteiger charge is 2.03. The van der Waals surface area contributed by atoms with E-state index < -0.39 is 0 Å². The quantitative estimate of drug-likeness (QED) is 0.776. The molecule has 0 bridgehead atoms. The van der Waals surface area contributed by atoms with Gasteiger partial charge in [0.1, 0.15) is 0 Å². The third kappa shape index (κ3) is 3.02. The normalized spacial score (nSPS) is 11.2. The summed E-state index contributed by atoms with van der Waals surface area (Å²) in [5, 5.41) is 10.7. The van der Waals surface area contributed by atoms with E-state index in [-0.39, 0.29) is 0 Å². The van der Waals surface area contributed by atoms with Gasteiger partial charge in [-0.25, -0.2) is 0 Å². The number of rotatable bonds is 6. The molecular formula is C14H18ClNO. The van der Waals surface area contributed by atoms with Gasteiger partial charge in [-0.1, -0.05) is 30.5 Å². The molecule has 0 fully saturated rings. The van der Waals surface area contributed by atoms with E-state index in [0.717, 1.165) is 36.2 Å². The number of nitrogens with zero attached hydrogens (tertiary/aromatic N) is 1. The molecule has 17 heavy (non-hydrogen) atoms. The van der Waals surface area contributed by atoms with Crippen LogP contribution in [0.3, 0.4) is 0 Å². The number of hydrogen-bond acceptors (Lipinski definition) is 1. The molecule has 1 aromatic heterocycles. The molecule has 1 N–H and O–H groups in total. The molecule has 2 aromatic rings. The molecule has 0 aliphatic heterocycles. The van der Waals surface area contributed by atoms with E-state index >= 15 is 0 Å². The summed E-state index contributed by atoms with van der Waals surface area (Å²) in [5.74, 6) is 0. The van der Waals surface area contributed by atoms with Crippen molar-refractivity contribution in [1.82, 2.24) is 4.57 Å². The van der Waals surface area contributed by atoms with Crippen LogP contribution in [0.15, 0.2) is 30.5 Å². The summed E-state index contributed by atoms with van der Waals surface area (Å²) >= 11 is 6.13. The third-order valence-electron chi connectivity index (χ3n) is 3.07. The van der Waals surface area contributed by atoms with Crippen LogP contribution < -0.4 is 0 Å². The summed E-state index contributed by atoms with van der Waals surface area (Å²) in [6.45, 7) is 1.33. The molecule has 1 heterocycles. The largest absolute Gasteiger partial charge is 0.396 e. The first-order valence-electron chi connectivity index (χ1n) is 6.17. The molecule has 2 nitrogen and oxygen atoms in total. The van der Waals surface area contributed by atoms with Crippen molar-refractivity contribution >= 4 is 22.5 Å². The topological polar surface area (TPSA) is 25.2 Å². The van der Waals surface area contributed by atoms with Crippen LogP contribution in [0.25, 0.3) is 10.9 Å². The molecule has 0 saturated carbocycles. The first-order chi connectivity index (χ1) is 8.33. The van der Waals surface area contributed by atoms with E-state index in [1.807, 2.05) is 12.1 Å². The Balaban J connectivity index is 1.97. The van der Waals surface area contributed by atoms with Gasteiger partial charge in [-0.2, -0.15) is 0 Å². The fraction of sp³-hybridized carbons (Fsp3) is 0.429. The zero-order valence-corrected chi connectivity index (χ0v) is 10.7. The fourth-order valence-corrected chi connectivity index (χ4v) is 2.36. The summed E-state index contributed by atoms with van der Waals surface area (Å²) in [7, 11) is 0. The van der Waals surface area contributed by atoms with Gasteiger partial charge in [-0.05, 0) is 31.0 Å². The predicted octanol–water partition coefficient (Wildman–Crippen LogP) is 3.85. The standard InChI is InChI=1S/C14H18ClNO/c15-13-6-5-7-14-12(13)8-10-16(14)9-3-1-2-4-11-17/h5-8,10,17H,1-4,9,11H2. The third-order valence-corrected chi connectivity index (χ3v) is 3.40. The number of hydrogen-bond donors (Lipinski definition) is 1. The maximum absolute atomic E-state index is 8.70. The van der Waals surface area contributed by atoms with Gasteiger partial charge < -0.3 is 9.67 Å². The number of aromatic nitrogens is 1. The Hall–Kier alpha value is -0.990. The van der Waals surface area contributed by atoms with Crippen LogP contribution in [0.1, 0.15) is 25.7 Å². The van der Waals surface area contributed by atoms with Gasteiger partial charge in [-0.15, -0.1) is 0 Å². The smallest absolute Gasteiger partial charge is 0.0499 e. The molecule has 0 spiro atoms. The molecule has 0 radical (unpaired) electrons. The first kappa shape index (κ1) is 12.5. The van der Waals surface area contributed by atoms with Crippen LogP contribution in [0.4, 0.5) is 0 Å². The average Bonchev–Trinajstić information content (AvgIpc) is 2.74. The lowest BCUT2D eigenvalue weighted by Crippen LogP contribution is -1.96. The van der Waals surface area contributed by atoms with Crippen molar-refractivity contribution in [3.05, 3.63) is 35.5 Å². The SMILES string of the molecule is OCCCCCCn1ccc2c(Cl)cccc21. The lowest BCUT2D eigenvalue weighted by Gasteiger charge is -2.05. The number of aliphatic hydroxyl groups is 1. The minimum Gasteiger partial charge on any atom is -0.396 e. The zero-order chi connectivity index (χ0) is 12.1. The molecule has 3 heteroatoms. The van der Waals surface area contributed by atoms with Crippen molar-refractivity contribution in [3.8, 4) is 0 Å². The summed E-state index contributed by atoms with van der Waals surface area (Å²) in [4.78, 5) is 0. The number of fused-ring (bicyclic) bond motifs is 1. The number of halogens is 1. The molecule has 0 aliphatic carbocycles. The molecule has 0 unspecified atom stereocenters. The van der Waals surface area contributed by atoms with E-state index in [1.54, 1.807) is 0 Å². The second-order valence-corrected chi connectivity index (χ2v) is 4.73. The van der Waals surface area contributed by atoms with Crippen molar-refractivity contribution < 1.29 is 5.11 Å². The van der Waals surface area contributed by atoms with Crippen molar-refractivity contribution in [3.63, 3.8) is 0 Å². The van der Waals surface area contributed by atoms with E-state index in [0.29, 0.717) is 6.61 Å². The Bertz CT molecular complexity index is 478. The minimum atomic E-state index is 0.308. The van der Waals surface area contributed by atoms with Crippen molar-refractivity contribution in [2.45, 2.75) is 32.2 Å². The Kier molecular flexibility index (Phi) is 4.46. The summed E-state index contributed by atoms with van der Waals surface area (Å²) < 4.78 is 2.25. The van der Waals surface area contributed by atoms with Crippen LogP contribution in [-0.2, 0) is 6.54 Å². The monoisotopic (exact) mass is 251 g/mol. The van der Waals surface area contributed by atoms with Crippen LogP contribution in [0.5, 0.6) is 0 Å². The van der Waals surface area contributed by atoms with Crippen molar-refractivity contribution in [2.24, 2.45) is 0 Å². The Labute approximate surface area is 107 Å². The van der Waals surface area contributed by atoms with Crippen LogP contribution in [0.2, 0.25) is 5.02 Å². The highest BCUT2D eigenvalue weighted by molar-refractivity contribution is 6.35. The molecular weight excluding hydrogens is 234 g/mol. The lowest BCUT2D eigenvalue weighted by molar-refractivity contribution is 0.282. The van der Waals surface area contributed by atoms with Gasteiger partial charge in [0, 0.05) is 35.3 Å². The second kappa shape index (κ2) is 6.08. The van der Waals surface area contributed by atoms with Gasteiger partial charge in [-0.3, -0.25) is 0 Å². The fourth-order valence-electron chi connectivity index (χ4n) is 2.13. The number of benzene rings is 1. The zero-order valence-electron chi connectivity index (χ0n) is 9.90. The van der Waals surface area contributed by atoms with Gasteiger partial charge in [0.05, 0.1) is 0 Å². The van der Waals surface area contributed by atoms with Gasteiger partial charge in [0.15, 0.2) is 0 Å². The molecule has 92 valence electrons. The van der Waals surface area contributed by atoms with E-state index in [2.05, 4.69) is 22.9 Å². The van der Waals surface area contributed by atoms with Crippen molar-refractivity contribution in [2.75, 3.05) is 6.61 Å². The van der Waals surface area contributed by atoms with Crippen LogP contribution >= 0.6 is 11.6 Å². The van der Waals surface area contributed by atoms with Gasteiger partial charge in [0.2, 0.25) is 0 Å². The summed E-state index contributed by atoms with van der Waals surface area (Å²) in [6, 6.07) is 8.10. The molecule has 0 aliphatic rings. The molecule has 0 atom stereocenters. The van der Waals surface area contributed by atoms with E-state index in [1.165, 1.54) is 11.9 Å². The highest BCUT2D eigenvalue weighted by Crippen LogP contribution is 2.24. The molecule has 1 aromatic carbocycles. The molecule has 0 saturated heterocycles. The maximum Gasteiger partial charge on any atom is 0.0499 e. The Morgan fingerprint density at radius 2 is 1.88 bits per heavy atom. The molecule has 2 rings (SSSR count). The minimum absolute atomic E-state index is 0.308. The Morgan fingerprint density at radius 1 is 1.06 bits per heavy atom. The number of aryl methyl sites for hydroxylation is 1. The second-order valence-electron chi connectivity index (χ2n) is 4.32. The van der Waals surface area contributed by atoms with Crippen molar-refractivity contribution in [1.29, 1.82) is 0 Å². The summed E-state index contributed by atoms with van der Waals surface area (Å²) in [6.07, 6.45) is 6.44. The first-order valence-corrected chi connectivity index (χ1v) is 6.55. The van der Waals surface area contributed by atoms with Gasteiger partial charge >= 0.3 is 0 Å². The molecule has 0 amide bonds. The van der Waals surface area contributed by atoms with E-state index in [9.17, 15) is 0 Å². The van der Waals surface area contributed by atoms with E-state index in [4.69, 9.17) is 16.7 Å². The van der Waals surface area contributed by atoms with Gasteiger partial charge in [0.25, 0.3) is 0 Å². The highest BCUT2D eigenvalue weighted by atomic mass is 35.5. The maximum atomic E-state index is 8.70. The average molecular weight is 252 g/mol. The Morgan fingerprint density at radius 3 is 2.71 bits per heavy atom. The summed E-state index contributed by atoms with van der Waals surface area (Å²) in [5.41, 5.74) is 1.21. The number of aliphatic hydroxyl groups excluding tert-OH is 1.